The van der Waals surface area contributed by atoms with Crippen molar-refractivity contribution in [2.75, 3.05) is 18.2 Å². The molecule has 0 spiro atoms. The highest BCUT2D eigenvalue weighted by molar-refractivity contribution is 7.10. The minimum absolute atomic E-state index is 0.0214. The Morgan fingerprint density at radius 2 is 2.00 bits per heavy atom. The molecule has 29 heavy (non-hydrogen) atoms. The number of thiophene rings is 1. The predicted molar refractivity (Wildman–Crippen MR) is 110 cm³/mol. The number of hydrogen-bond donors (Lipinski definition) is 1. The molecule has 6 nitrogen and oxygen atoms in total. The van der Waals surface area contributed by atoms with Crippen molar-refractivity contribution in [1.29, 1.82) is 0 Å². The quantitative estimate of drug-likeness (QED) is 0.809. The first-order valence-corrected chi connectivity index (χ1v) is 11.1. The van der Waals surface area contributed by atoms with Crippen molar-refractivity contribution >= 4 is 28.8 Å². The zero-order chi connectivity index (χ0) is 19.8. The van der Waals surface area contributed by atoms with E-state index >= 15 is 0 Å². The molecule has 1 aromatic heterocycles. The maximum atomic E-state index is 13.1. The van der Waals surface area contributed by atoms with Gasteiger partial charge in [0.15, 0.2) is 11.5 Å². The number of anilines is 1. The number of amides is 2. The van der Waals surface area contributed by atoms with Crippen LogP contribution in [0.5, 0.6) is 11.5 Å². The Labute approximate surface area is 173 Å². The second-order valence-corrected chi connectivity index (χ2v) is 8.97. The summed E-state index contributed by atoms with van der Waals surface area (Å²) in [6.45, 7) is 0.592. The fraction of sp³-hybridized carbons (Fsp3) is 0.455. The first-order valence-electron chi connectivity index (χ1n) is 10.2. The highest BCUT2D eigenvalue weighted by Crippen LogP contribution is 2.39. The lowest BCUT2D eigenvalue weighted by Crippen LogP contribution is -2.37. The van der Waals surface area contributed by atoms with E-state index < -0.39 is 0 Å². The van der Waals surface area contributed by atoms with E-state index in [1.54, 1.807) is 16.2 Å². The smallest absolute Gasteiger partial charge is 0.231 e. The lowest BCUT2D eigenvalue weighted by Gasteiger charge is -2.25. The minimum Gasteiger partial charge on any atom is -0.454 e. The van der Waals surface area contributed by atoms with Gasteiger partial charge in [-0.1, -0.05) is 18.9 Å². The van der Waals surface area contributed by atoms with Gasteiger partial charge in [-0.15, -0.1) is 11.3 Å². The van der Waals surface area contributed by atoms with E-state index in [0.717, 1.165) is 18.5 Å². The molecule has 3 aliphatic rings. The molecule has 1 aliphatic carbocycles. The summed E-state index contributed by atoms with van der Waals surface area (Å²) < 4.78 is 10.8. The number of rotatable bonds is 5. The minimum atomic E-state index is -0.336. The number of nitrogens with zero attached hydrogens (tertiary/aromatic N) is 1. The van der Waals surface area contributed by atoms with Crippen LogP contribution in [0.15, 0.2) is 35.7 Å². The van der Waals surface area contributed by atoms with Crippen molar-refractivity contribution in [2.45, 2.75) is 38.1 Å². The van der Waals surface area contributed by atoms with Crippen molar-refractivity contribution in [3.63, 3.8) is 0 Å². The van der Waals surface area contributed by atoms with E-state index in [1.807, 2.05) is 24.3 Å². The molecule has 152 valence electrons. The van der Waals surface area contributed by atoms with Crippen LogP contribution in [-0.2, 0) is 9.59 Å². The zero-order valence-electron chi connectivity index (χ0n) is 16.1. The summed E-state index contributed by atoms with van der Waals surface area (Å²) in [7, 11) is 0. The van der Waals surface area contributed by atoms with Crippen molar-refractivity contribution in [1.82, 2.24) is 5.32 Å². The fourth-order valence-electron chi connectivity index (χ4n) is 4.64. The van der Waals surface area contributed by atoms with Gasteiger partial charge in [-0.25, -0.2) is 0 Å². The van der Waals surface area contributed by atoms with Crippen molar-refractivity contribution in [2.24, 2.45) is 11.8 Å². The monoisotopic (exact) mass is 412 g/mol. The molecule has 7 heteroatoms. The molecule has 2 aromatic rings. The number of benzene rings is 1. The molecule has 5 rings (SSSR count). The lowest BCUT2D eigenvalue weighted by atomic mass is 9.95. The van der Waals surface area contributed by atoms with Gasteiger partial charge in [-0.3, -0.25) is 9.59 Å². The Morgan fingerprint density at radius 1 is 1.17 bits per heavy atom. The van der Waals surface area contributed by atoms with E-state index in [9.17, 15) is 9.59 Å². The first kappa shape index (κ1) is 18.5. The van der Waals surface area contributed by atoms with Crippen LogP contribution in [0.2, 0.25) is 0 Å². The number of nitrogens with one attached hydrogen (secondary N) is 1. The molecular formula is C22H24N2O4S. The molecule has 1 aromatic carbocycles. The average molecular weight is 413 g/mol. The number of carbonyl (C=O) groups is 2. The van der Waals surface area contributed by atoms with E-state index in [2.05, 4.69) is 16.8 Å². The molecule has 2 amide bonds. The molecule has 0 radical (unpaired) electrons. The SMILES string of the molecule is O=C(NC(c1cccs1)C1CCCC1)C1CC(=O)N(c2ccc3c(c2)OCO3)C1. The Bertz CT molecular complexity index is 908. The van der Waals surface area contributed by atoms with Crippen LogP contribution >= 0.6 is 11.3 Å². The Kier molecular flexibility index (Phi) is 4.91. The number of hydrogen-bond acceptors (Lipinski definition) is 5. The highest BCUT2D eigenvalue weighted by Gasteiger charge is 2.38. The topological polar surface area (TPSA) is 67.9 Å². The largest absolute Gasteiger partial charge is 0.454 e. The lowest BCUT2D eigenvalue weighted by molar-refractivity contribution is -0.127. The standard InChI is InChI=1S/C22H24N2O4S/c25-20-10-15(12-24(20)16-7-8-17-18(11-16)28-13-27-17)22(26)23-21(14-4-1-2-5-14)19-6-3-9-29-19/h3,6-9,11,14-15,21H,1-2,4-5,10,12-13H2,(H,23,26). The first-order chi connectivity index (χ1) is 14.2. The summed E-state index contributed by atoms with van der Waals surface area (Å²) in [6, 6.07) is 9.67. The van der Waals surface area contributed by atoms with Crippen LogP contribution in [0.1, 0.15) is 43.0 Å². The fourth-order valence-corrected chi connectivity index (χ4v) is 5.51. The summed E-state index contributed by atoms with van der Waals surface area (Å²) in [5, 5.41) is 5.34. The molecule has 2 fully saturated rings. The van der Waals surface area contributed by atoms with Crippen molar-refractivity contribution in [3.8, 4) is 11.5 Å². The summed E-state index contributed by atoms with van der Waals surface area (Å²) in [4.78, 5) is 28.6. The summed E-state index contributed by atoms with van der Waals surface area (Å²) >= 11 is 1.69. The number of carbonyl (C=O) groups excluding carboxylic acids is 2. The number of fused-ring (bicyclic) bond motifs is 1. The Hall–Kier alpha value is -2.54. The van der Waals surface area contributed by atoms with Gasteiger partial charge in [0.05, 0.1) is 12.0 Å². The number of ether oxygens (including phenoxy) is 2. The molecule has 2 aliphatic heterocycles. The molecule has 1 saturated carbocycles. The van der Waals surface area contributed by atoms with E-state index in [1.165, 1.54) is 17.7 Å². The van der Waals surface area contributed by atoms with Crippen LogP contribution in [0.3, 0.4) is 0 Å². The third-order valence-corrected chi connectivity index (χ3v) is 7.14. The summed E-state index contributed by atoms with van der Waals surface area (Å²) in [6.07, 6.45) is 4.98. The third-order valence-electron chi connectivity index (χ3n) is 6.18. The van der Waals surface area contributed by atoms with Crippen LogP contribution < -0.4 is 19.7 Å². The Morgan fingerprint density at radius 3 is 2.79 bits per heavy atom. The van der Waals surface area contributed by atoms with E-state index in [0.29, 0.717) is 24.0 Å². The van der Waals surface area contributed by atoms with Gasteiger partial charge < -0.3 is 19.7 Å². The van der Waals surface area contributed by atoms with Gasteiger partial charge in [0.1, 0.15) is 0 Å². The van der Waals surface area contributed by atoms with Crippen LogP contribution in [0, 0.1) is 11.8 Å². The normalized spacial score (nSPS) is 22.3. The molecule has 3 heterocycles. The van der Waals surface area contributed by atoms with Crippen molar-refractivity contribution in [3.05, 3.63) is 40.6 Å². The van der Waals surface area contributed by atoms with Crippen LogP contribution in [0.25, 0.3) is 0 Å². The average Bonchev–Trinajstić information content (AvgIpc) is 3.53. The van der Waals surface area contributed by atoms with E-state index in [-0.39, 0.29) is 37.0 Å². The second kappa shape index (κ2) is 7.71. The molecule has 2 atom stereocenters. The molecular weight excluding hydrogens is 388 g/mol. The Balaban J connectivity index is 1.29. The maximum absolute atomic E-state index is 13.1. The van der Waals surface area contributed by atoms with Gasteiger partial charge in [0.25, 0.3) is 0 Å². The van der Waals surface area contributed by atoms with Gasteiger partial charge in [0.2, 0.25) is 18.6 Å². The van der Waals surface area contributed by atoms with Crippen molar-refractivity contribution < 1.29 is 19.1 Å². The van der Waals surface area contributed by atoms with Crippen LogP contribution in [-0.4, -0.2) is 25.2 Å². The summed E-state index contributed by atoms with van der Waals surface area (Å²) in [5.74, 6) is 1.42. The van der Waals surface area contributed by atoms with Gasteiger partial charge in [-0.05, 0) is 42.3 Å². The predicted octanol–water partition coefficient (Wildman–Crippen LogP) is 3.88. The van der Waals surface area contributed by atoms with Gasteiger partial charge in [0, 0.05) is 29.6 Å². The third kappa shape index (κ3) is 3.59. The van der Waals surface area contributed by atoms with Gasteiger partial charge in [-0.2, -0.15) is 0 Å². The molecule has 2 unspecified atom stereocenters. The molecule has 0 bridgehead atoms. The van der Waals surface area contributed by atoms with Crippen LogP contribution in [0.4, 0.5) is 5.69 Å². The molecule has 1 saturated heterocycles. The maximum Gasteiger partial charge on any atom is 0.231 e. The summed E-state index contributed by atoms with van der Waals surface area (Å²) in [5.41, 5.74) is 0.750. The van der Waals surface area contributed by atoms with Gasteiger partial charge >= 0.3 is 0 Å². The highest BCUT2D eigenvalue weighted by atomic mass is 32.1. The zero-order valence-corrected chi connectivity index (χ0v) is 17.0. The second-order valence-electron chi connectivity index (χ2n) is 7.99. The molecule has 1 N–H and O–H groups in total. The van der Waals surface area contributed by atoms with E-state index in [4.69, 9.17) is 9.47 Å².